The summed E-state index contributed by atoms with van der Waals surface area (Å²) in [6.07, 6.45) is 4.11. The fraction of sp³-hybridized carbons (Fsp3) is 0.714. The van der Waals surface area contributed by atoms with Gasteiger partial charge in [-0.05, 0) is 25.0 Å². The van der Waals surface area contributed by atoms with Crippen molar-refractivity contribution in [3.05, 3.63) is 17.8 Å². The SMILES string of the molecule is CN(CC1CNCCO1)c1ccc(C2CCC2)nn1. The first kappa shape index (κ1) is 12.8. The summed E-state index contributed by atoms with van der Waals surface area (Å²) < 4.78 is 5.71. The molecule has 104 valence electrons. The predicted molar refractivity (Wildman–Crippen MR) is 74.5 cm³/mol. The van der Waals surface area contributed by atoms with Gasteiger partial charge in [0.05, 0.1) is 18.4 Å². The van der Waals surface area contributed by atoms with Crippen molar-refractivity contribution in [2.24, 2.45) is 0 Å². The van der Waals surface area contributed by atoms with Crippen LogP contribution in [0, 0.1) is 0 Å². The van der Waals surface area contributed by atoms with E-state index in [1.54, 1.807) is 0 Å². The number of nitrogens with one attached hydrogen (secondary N) is 1. The highest BCUT2D eigenvalue weighted by atomic mass is 16.5. The molecule has 19 heavy (non-hydrogen) atoms. The Bertz CT molecular complexity index is 398. The van der Waals surface area contributed by atoms with Crippen molar-refractivity contribution >= 4 is 5.82 Å². The molecule has 5 nitrogen and oxygen atoms in total. The zero-order valence-electron chi connectivity index (χ0n) is 11.5. The van der Waals surface area contributed by atoms with Crippen LogP contribution in [0.1, 0.15) is 30.9 Å². The van der Waals surface area contributed by atoms with Crippen molar-refractivity contribution in [2.45, 2.75) is 31.3 Å². The van der Waals surface area contributed by atoms with Gasteiger partial charge in [0.15, 0.2) is 5.82 Å². The highest BCUT2D eigenvalue weighted by Gasteiger charge is 2.21. The summed E-state index contributed by atoms with van der Waals surface area (Å²) in [4.78, 5) is 2.12. The zero-order chi connectivity index (χ0) is 13.1. The molecule has 0 amide bonds. The average Bonchev–Trinajstić information content (AvgIpc) is 2.39. The lowest BCUT2D eigenvalue weighted by molar-refractivity contribution is 0.0339. The average molecular weight is 262 g/mol. The van der Waals surface area contributed by atoms with Crippen LogP contribution in [0.5, 0.6) is 0 Å². The molecule has 0 aromatic carbocycles. The predicted octanol–water partition coefficient (Wildman–Crippen LogP) is 1.17. The summed E-state index contributed by atoms with van der Waals surface area (Å²) in [5.41, 5.74) is 1.15. The van der Waals surface area contributed by atoms with E-state index in [1.807, 2.05) is 7.05 Å². The van der Waals surface area contributed by atoms with Crippen LogP contribution in [0.4, 0.5) is 5.82 Å². The fourth-order valence-corrected chi connectivity index (χ4v) is 2.60. The third kappa shape index (κ3) is 3.04. The van der Waals surface area contributed by atoms with Crippen LogP contribution in [-0.4, -0.2) is 49.6 Å². The Hall–Kier alpha value is -1.20. The molecule has 1 saturated heterocycles. The van der Waals surface area contributed by atoms with Crippen LogP contribution in [0.15, 0.2) is 12.1 Å². The number of likely N-dealkylation sites (N-methyl/N-ethyl adjacent to an activating group) is 1. The highest BCUT2D eigenvalue weighted by Crippen LogP contribution is 2.35. The van der Waals surface area contributed by atoms with Crippen molar-refractivity contribution in [3.63, 3.8) is 0 Å². The second-order valence-electron chi connectivity index (χ2n) is 5.52. The highest BCUT2D eigenvalue weighted by molar-refractivity contribution is 5.36. The Morgan fingerprint density at radius 1 is 1.37 bits per heavy atom. The van der Waals surface area contributed by atoms with E-state index in [2.05, 4.69) is 32.5 Å². The normalized spacial score (nSPS) is 23.9. The first-order valence-electron chi connectivity index (χ1n) is 7.20. The monoisotopic (exact) mass is 262 g/mol. The van der Waals surface area contributed by atoms with Crippen molar-refractivity contribution in [1.82, 2.24) is 15.5 Å². The maximum atomic E-state index is 5.71. The van der Waals surface area contributed by atoms with Crippen LogP contribution >= 0.6 is 0 Å². The van der Waals surface area contributed by atoms with E-state index in [4.69, 9.17) is 4.74 Å². The van der Waals surface area contributed by atoms with Gasteiger partial charge in [-0.3, -0.25) is 0 Å². The molecule has 1 N–H and O–H groups in total. The van der Waals surface area contributed by atoms with E-state index in [1.165, 1.54) is 19.3 Å². The number of ether oxygens (including phenoxy) is 1. The number of nitrogens with zero attached hydrogens (tertiary/aromatic N) is 3. The summed E-state index contributed by atoms with van der Waals surface area (Å²) in [7, 11) is 2.05. The van der Waals surface area contributed by atoms with Gasteiger partial charge in [-0.25, -0.2) is 0 Å². The number of rotatable bonds is 4. The lowest BCUT2D eigenvalue weighted by Crippen LogP contribution is -2.44. The summed E-state index contributed by atoms with van der Waals surface area (Å²) in [5.74, 6) is 1.58. The minimum atomic E-state index is 0.242. The molecule has 2 heterocycles. The molecule has 0 radical (unpaired) electrons. The first-order chi connectivity index (χ1) is 9.33. The quantitative estimate of drug-likeness (QED) is 0.882. The number of anilines is 1. The molecule has 1 aromatic rings. The largest absolute Gasteiger partial charge is 0.374 e. The summed E-state index contributed by atoms with van der Waals surface area (Å²) in [6, 6.07) is 4.21. The Labute approximate surface area is 114 Å². The van der Waals surface area contributed by atoms with Gasteiger partial charge >= 0.3 is 0 Å². The van der Waals surface area contributed by atoms with Gasteiger partial charge in [0.2, 0.25) is 0 Å². The van der Waals surface area contributed by atoms with E-state index in [-0.39, 0.29) is 6.10 Å². The molecule has 1 atom stereocenters. The molecule has 1 aliphatic heterocycles. The molecule has 1 aromatic heterocycles. The van der Waals surface area contributed by atoms with Crippen molar-refractivity contribution < 1.29 is 4.74 Å². The second-order valence-corrected chi connectivity index (χ2v) is 5.52. The zero-order valence-corrected chi connectivity index (χ0v) is 11.5. The Kier molecular flexibility index (Phi) is 3.94. The number of hydrogen-bond acceptors (Lipinski definition) is 5. The van der Waals surface area contributed by atoms with E-state index in [0.29, 0.717) is 5.92 Å². The van der Waals surface area contributed by atoms with E-state index >= 15 is 0 Å². The van der Waals surface area contributed by atoms with Crippen LogP contribution < -0.4 is 10.2 Å². The second kappa shape index (κ2) is 5.84. The smallest absolute Gasteiger partial charge is 0.151 e. The molecule has 1 saturated carbocycles. The molecule has 2 fully saturated rings. The molecule has 0 bridgehead atoms. The molecular formula is C14H22N4O. The van der Waals surface area contributed by atoms with Gasteiger partial charge in [0.25, 0.3) is 0 Å². The van der Waals surface area contributed by atoms with Crippen molar-refractivity contribution in [3.8, 4) is 0 Å². The van der Waals surface area contributed by atoms with E-state index < -0.39 is 0 Å². The third-order valence-electron chi connectivity index (χ3n) is 4.07. The van der Waals surface area contributed by atoms with Gasteiger partial charge in [0.1, 0.15) is 0 Å². The molecule has 3 rings (SSSR count). The minimum Gasteiger partial charge on any atom is -0.374 e. The third-order valence-corrected chi connectivity index (χ3v) is 4.07. The van der Waals surface area contributed by atoms with Crippen molar-refractivity contribution in [2.75, 3.05) is 38.2 Å². The molecule has 1 aliphatic carbocycles. The number of hydrogen-bond donors (Lipinski definition) is 1. The van der Waals surface area contributed by atoms with Crippen LogP contribution in [0.2, 0.25) is 0 Å². The van der Waals surface area contributed by atoms with Crippen molar-refractivity contribution in [1.29, 1.82) is 0 Å². The lowest BCUT2D eigenvalue weighted by atomic mass is 9.83. The maximum Gasteiger partial charge on any atom is 0.151 e. The van der Waals surface area contributed by atoms with E-state index in [9.17, 15) is 0 Å². The molecule has 2 aliphatic rings. The van der Waals surface area contributed by atoms with E-state index in [0.717, 1.165) is 37.8 Å². The Morgan fingerprint density at radius 2 is 2.26 bits per heavy atom. The Morgan fingerprint density at radius 3 is 2.84 bits per heavy atom. The molecule has 1 unspecified atom stereocenters. The van der Waals surface area contributed by atoms with Gasteiger partial charge < -0.3 is 15.0 Å². The molecule has 0 spiro atoms. The fourth-order valence-electron chi connectivity index (χ4n) is 2.60. The topological polar surface area (TPSA) is 50.3 Å². The maximum absolute atomic E-state index is 5.71. The van der Waals surface area contributed by atoms with Gasteiger partial charge in [0, 0.05) is 32.6 Å². The first-order valence-corrected chi connectivity index (χ1v) is 7.20. The lowest BCUT2D eigenvalue weighted by Gasteiger charge is -2.29. The molecular weight excluding hydrogens is 240 g/mol. The minimum absolute atomic E-state index is 0.242. The number of aromatic nitrogens is 2. The summed E-state index contributed by atoms with van der Waals surface area (Å²) in [6.45, 7) is 3.52. The van der Waals surface area contributed by atoms with Crippen LogP contribution in [-0.2, 0) is 4.74 Å². The standard InChI is InChI=1S/C14H22N4O/c1-18(10-12-9-15-7-8-19-12)14-6-5-13(16-17-14)11-3-2-4-11/h5-6,11-12,15H,2-4,7-10H2,1H3. The van der Waals surface area contributed by atoms with Crippen LogP contribution in [0.25, 0.3) is 0 Å². The number of morpholine rings is 1. The summed E-state index contributed by atoms with van der Waals surface area (Å²) >= 11 is 0. The van der Waals surface area contributed by atoms with Gasteiger partial charge in [-0.2, -0.15) is 5.10 Å². The van der Waals surface area contributed by atoms with Gasteiger partial charge in [-0.1, -0.05) is 6.42 Å². The molecule has 5 heteroatoms. The summed E-state index contributed by atoms with van der Waals surface area (Å²) in [5, 5.41) is 12.1. The Balaban J connectivity index is 1.57. The van der Waals surface area contributed by atoms with Crippen LogP contribution in [0.3, 0.4) is 0 Å². The van der Waals surface area contributed by atoms with Gasteiger partial charge in [-0.15, -0.1) is 5.10 Å².